The topological polar surface area (TPSA) is 46.2 Å². The maximum Gasteiger partial charge on any atom is 0.163 e. The number of Topliss-reactive ketones (excluding diaryl/α,β-unsaturated/α-hetero) is 2. The summed E-state index contributed by atoms with van der Waals surface area (Å²) in [5.41, 5.74) is 4.89. The van der Waals surface area contributed by atoms with Crippen LogP contribution in [0.4, 0.5) is 5.69 Å². The molecule has 142 valence electrons. The Hall–Kier alpha value is -2.07. The fourth-order valence-electron chi connectivity index (χ4n) is 5.82. The maximum absolute atomic E-state index is 13.4. The third-order valence-corrected chi connectivity index (χ3v) is 8.66. The summed E-state index contributed by atoms with van der Waals surface area (Å²) in [4.78, 5) is 26.9. The van der Waals surface area contributed by atoms with E-state index in [0.29, 0.717) is 23.4 Å². The molecular weight excluding hydrogens is 366 g/mol. The van der Waals surface area contributed by atoms with E-state index in [1.807, 2.05) is 6.07 Å². The molecule has 0 saturated heterocycles. The van der Waals surface area contributed by atoms with E-state index in [2.05, 4.69) is 41.7 Å². The van der Waals surface area contributed by atoms with Gasteiger partial charge in [0.05, 0.1) is 11.3 Å². The van der Waals surface area contributed by atoms with E-state index in [1.165, 1.54) is 16.0 Å². The van der Waals surface area contributed by atoms with Gasteiger partial charge in [0.2, 0.25) is 0 Å². The van der Waals surface area contributed by atoms with Crippen LogP contribution in [0.2, 0.25) is 0 Å². The summed E-state index contributed by atoms with van der Waals surface area (Å²) in [6.07, 6.45) is 4.80. The van der Waals surface area contributed by atoms with E-state index in [1.54, 1.807) is 11.8 Å². The number of benzene rings is 2. The highest BCUT2D eigenvalue weighted by Crippen LogP contribution is 2.52. The van der Waals surface area contributed by atoms with Crippen LogP contribution in [0.15, 0.2) is 47.4 Å². The average Bonchev–Trinajstić information content (AvgIpc) is 3.28. The molecule has 3 nitrogen and oxygen atoms in total. The Kier molecular flexibility index (Phi) is 3.74. The third kappa shape index (κ3) is 2.37. The summed E-state index contributed by atoms with van der Waals surface area (Å²) < 4.78 is 0. The second-order valence-electron chi connectivity index (χ2n) is 8.65. The molecule has 0 bridgehead atoms. The number of thioether (sulfide) groups is 1. The van der Waals surface area contributed by atoms with Gasteiger partial charge in [-0.2, -0.15) is 0 Å². The number of anilines is 1. The van der Waals surface area contributed by atoms with Crippen molar-refractivity contribution in [1.82, 2.24) is 0 Å². The first-order valence-electron chi connectivity index (χ1n) is 10.4. The van der Waals surface area contributed by atoms with Crippen molar-refractivity contribution in [3.8, 4) is 0 Å². The molecule has 2 aliphatic heterocycles. The van der Waals surface area contributed by atoms with Gasteiger partial charge in [-0.15, -0.1) is 11.8 Å². The normalized spacial score (nSPS) is 32.9. The van der Waals surface area contributed by atoms with Gasteiger partial charge in [-0.3, -0.25) is 9.59 Å². The second-order valence-corrected chi connectivity index (χ2v) is 9.83. The summed E-state index contributed by atoms with van der Waals surface area (Å²) in [6, 6.07) is 14.8. The van der Waals surface area contributed by atoms with Crippen molar-refractivity contribution in [2.45, 2.75) is 66.0 Å². The molecule has 0 aromatic heterocycles. The van der Waals surface area contributed by atoms with Crippen molar-refractivity contribution in [3.63, 3.8) is 0 Å². The van der Waals surface area contributed by atoms with Gasteiger partial charge in [0, 0.05) is 34.8 Å². The number of hydrogen-bond acceptors (Lipinski definition) is 4. The smallest absolute Gasteiger partial charge is 0.163 e. The van der Waals surface area contributed by atoms with E-state index in [9.17, 15) is 9.59 Å². The quantitative estimate of drug-likeness (QED) is 0.744. The van der Waals surface area contributed by atoms with E-state index in [-0.39, 0.29) is 17.2 Å². The lowest BCUT2D eigenvalue weighted by atomic mass is 9.73. The Morgan fingerprint density at radius 2 is 1.82 bits per heavy atom. The Balaban J connectivity index is 1.29. The second kappa shape index (κ2) is 6.21. The van der Waals surface area contributed by atoms with Gasteiger partial charge in [-0.25, -0.2) is 0 Å². The zero-order chi connectivity index (χ0) is 18.8. The standard InChI is InChI=1S/C24H23NO2S/c26-20-7-3-5-18-16-9-8-13(12-21(16)28-24(18)20)14-10-11-17-15-4-1-2-6-19(15)25-22(17)23(14)27/h1-2,4,6,8-9,12,14,17-18,22,24-25H,3,5,7,10-11H2. The van der Waals surface area contributed by atoms with Gasteiger partial charge in [0.1, 0.15) is 5.78 Å². The van der Waals surface area contributed by atoms with Gasteiger partial charge in [0.25, 0.3) is 0 Å². The SMILES string of the molecule is O=C1C(c2ccc3c(c2)SC2C(=O)CCCC32)CCC2c3ccccc3NC12. The highest BCUT2D eigenvalue weighted by atomic mass is 32.2. The highest BCUT2D eigenvalue weighted by Gasteiger charge is 2.45. The van der Waals surface area contributed by atoms with Crippen molar-refractivity contribution in [3.05, 3.63) is 59.2 Å². The Morgan fingerprint density at radius 1 is 0.929 bits per heavy atom. The molecule has 4 heteroatoms. The lowest BCUT2D eigenvalue weighted by Gasteiger charge is -2.31. The number of nitrogens with one attached hydrogen (secondary N) is 1. The minimum absolute atomic E-state index is 0.0349. The van der Waals surface area contributed by atoms with E-state index < -0.39 is 0 Å². The van der Waals surface area contributed by atoms with Crippen molar-refractivity contribution < 1.29 is 9.59 Å². The van der Waals surface area contributed by atoms with Crippen LogP contribution in [-0.4, -0.2) is 22.9 Å². The number of rotatable bonds is 1. The molecule has 5 unspecified atom stereocenters. The summed E-state index contributed by atoms with van der Waals surface area (Å²) in [5.74, 6) is 1.39. The number of para-hydroxylation sites is 1. The molecule has 2 aromatic rings. The monoisotopic (exact) mass is 389 g/mol. The van der Waals surface area contributed by atoms with E-state index in [4.69, 9.17) is 0 Å². The number of carbonyl (C=O) groups excluding carboxylic acids is 2. The minimum Gasteiger partial charge on any atom is -0.374 e. The number of carbonyl (C=O) groups is 2. The molecule has 5 atom stereocenters. The fourth-order valence-corrected chi connectivity index (χ4v) is 7.35. The Bertz CT molecular complexity index is 1000. The molecule has 6 rings (SSSR count). The molecule has 0 spiro atoms. The lowest BCUT2D eigenvalue weighted by Crippen LogP contribution is -2.38. The Morgan fingerprint density at radius 3 is 2.75 bits per heavy atom. The molecule has 4 aliphatic rings. The molecule has 0 radical (unpaired) electrons. The zero-order valence-corrected chi connectivity index (χ0v) is 16.5. The zero-order valence-electron chi connectivity index (χ0n) is 15.7. The molecular formula is C24H23NO2S. The summed E-state index contributed by atoms with van der Waals surface area (Å²) in [6.45, 7) is 0. The first-order chi connectivity index (χ1) is 13.7. The number of ketones is 2. The molecule has 2 saturated carbocycles. The molecule has 2 fully saturated rings. The van der Waals surface area contributed by atoms with Crippen LogP contribution < -0.4 is 5.32 Å². The lowest BCUT2D eigenvalue weighted by molar-refractivity contribution is -0.123. The minimum atomic E-state index is -0.0961. The first-order valence-corrected chi connectivity index (χ1v) is 11.3. The summed E-state index contributed by atoms with van der Waals surface area (Å²) in [7, 11) is 0. The van der Waals surface area contributed by atoms with Crippen LogP contribution in [0.3, 0.4) is 0 Å². The van der Waals surface area contributed by atoms with Crippen LogP contribution >= 0.6 is 11.8 Å². The molecule has 0 amide bonds. The largest absolute Gasteiger partial charge is 0.374 e. The number of hydrogen-bond donors (Lipinski definition) is 1. The predicted molar refractivity (Wildman–Crippen MR) is 111 cm³/mol. The Labute approximate surface area is 169 Å². The van der Waals surface area contributed by atoms with Crippen molar-refractivity contribution in [1.29, 1.82) is 0 Å². The van der Waals surface area contributed by atoms with Crippen LogP contribution in [-0.2, 0) is 9.59 Å². The van der Waals surface area contributed by atoms with Crippen LogP contribution in [0.5, 0.6) is 0 Å². The van der Waals surface area contributed by atoms with Gasteiger partial charge in [0.15, 0.2) is 5.78 Å². The first kappa shape index (κ1) is 16.8. The van der Waals surface area contributed by atoms with Crippen molar-refractivity contribution in [2.75, 3.05) is 5.32 Å². The van der Waals surface area contributed by atoms with Crippen LogP contribution in [0.25, 0.3) is 0 Å². The molecule has 2 aliphatic carbocycles. The third-order valence-electron chi connectivity index (χ3n) is 7.20. The average molecular weight is 390 g/mol. The van der Waals surface area contributed by atoms with Gasteiger partial charge in [-0.1, -0.05) is 30.3 Å². The summed E-state index contributed by atoms with van der Waals surface area (Å²) >= 11 is 1.74. The summed E-state index contributed by atoms with van der Waals surface area (Å²) in [5, 5.41) is 3.59. The molecule has 2 heterocycles. The predicted octanol–water partition coefficient (Wildman–Crippen LogP) is 5.02. The highest BCUT2D eigenvalue weighted by molar-refractivity contribution is 8.01. The van der Waals surface area contributed by atoms with E-state index >= 15 is 0 Å². The van der Waals surface area contributed by atoms with Crippen molar-refractivity contribution in [2.24, 2.45) is 0 Å². The van der Waals surface area contributed by atoms with E-state index in [0.717, 1.165) is 43.4 Å². The maximum atomic E-state index is 13.4. The number of fused-ring (bicyclic) bond motifs is 6. The fraction of sp³-hybridized carbons (Fsp3) is 0.417. The molecule has 1 N–H and O–H groups in total. The van der Waals surface area contributed by atoms with Crippen LogP contribution in [0.1, 0.15) is 66.5 Å². The van der Waals surface area contributed by atoms with Crippen LogP contribution in [0, 0.1) is 0 Å². The van der Waals surface area contributed by atoms with Gasteiger partial charge >= 0.3 is 0 Å². The van der Waals surface area contributed by atoms with Gasteiger partial charge < -0.3 is 5.32 Å². The van der Waals surface area contributed by atoms with Gasteiger partial charge in [-0.05, 0) is 54.5 Å². The molecule has 28 heavy (non-hydrogen) atoms. The molecule has 2 aromatic carbocycles. The van der Waals surface area contributed by atoms with Crippen molar-refractivity contribution >= 4 is 29.0 Å².